The summed E-state index contributed by atoms with van der Waals surface area (Å²) in [6.07, 6.45) is 4.84. The number of aromatic nitrogens is 2. The predicted octanol–water partition coefficient (Wildman–Crippen LogP) is 6.17. The third kappa shape index (κ3) is 4.92. The molecule has 5 nitrogen and oxygen atoms in total. The fourth-order valence-corrected chi connectivity index (χ4v) is 5.17. The number of hydrogen-bond acceptors (Lipinski definition) is 3. The molecule has 1 fully saturated rings. The predicted molar refractivity (Wildman–Crippen MR) is 143 cm³/mol. The molecule has 1 amide bonds. The smallest absolute Gasteiger partial charge is 0.270 e. The Morgan fingerprint density at radius 3 is 2.46 bits per heavy atom. The van der Waals surface area contributed by atoms with Crippen molar-refractivity contribution in [2.24, 2.45) is 0 Å². The molecule has 0 aliphatic carbocycles. The summed E-state index contributed by atoms with van der Waals surface area (Å²) in [5.74, 6) is 0.503. The minimum atomic E-state index is -0.140. The van der Waals surface area contributed by atoms with Crippen molar-refractivity contribution in [3.8, 4) is 0 Å². The first-order valence-electron chi connectivity index (χ1n) is 12.4. The summed E-state index contributed by atoms with van der Waals surface area (Å²) in [6, 6.07) is 21.2. The van der Waals surface area contributed by atoms with Crippen LogP contribution in [0.15, 0.2) is 66.9 Å². The maximum Gasteiger partial charge on any atom is 0.270 e. The lowest BCUT2D eigenvalue weighted by molar-refractivity contribution is 0.0944. The van der Waals surface area contributed by atoms with Gasteiger partial charge in [0.2, 0.25) is 0 Å². The zero-order chi connectivity index (χ0) is 24.4. The SMILES string of the molecule is CCc1nc2c(Cl)cccn2c1C(=O)NCc1ccc(N2CCC(c3ccc(C)cc3)CC2)cc1. The van der Waals surface area contributed by atoms with Gasteiger partial charge in [0.25, 0.3) is 5.91 Å². The van der Waals surface area contributed by atoms with Gasteiger partial charge in [0, 0.05) is 31.5 Å². The summed E-state index contributed by atoms with van der Waals surface area (Å²) in [4.78, 5) is 20.1. The number of nitrogens with zero attached hydrogens (tertiary/aromatic N) is 3. The van der Waals surface area contributed by atoms with Crippen molar-refractivity contribution in [3.63, 3.8) is 0 Å². The van der Waals surface area contributed by atoms with E-state index >= 15 is 0 Å². The summed E-state index contributed by atoms with van der Waals surface area (Å²) in [5.41, 5.74) is 7.01. The van der Waals surface area contributed by atoms with Gasteiger partial charge in [-0.3, -0.25) is 9.20 Å². The van der Waals surface area contributed by atoms with Crippen molar-refractivity contribution in [3.05, 3.63) is 100.0 Å². The average molecular weight is 487 g/mol. The fraction of sp³-hybridized carbons (Fsp3) is 0.310. The van der Waals surface area contributed by atoms with Crippen LogP contribution >= 0.6 is 11.6 Å². The molecule has 2 aromatic carbocycles. The van der Waals surface area contributed by atoms with Crippen LogP contribution < -0.4 is 10.2 Å². The summed E-state index contributed by atoms with van der Waals surface area (Å²) in [6.45, 7) is 6.72. The highest BCUT2D eigenvalue weighted by atomic mass is 35.5. The summed E-state index contributed by atoms with van der Waals surface area (Å²) in [7, 11) is 0. The molecule has 35 heavy (non-hydrogen) atoms. The molecule has 3 heterocycles. The van der Waals surface area contributed by atoms with Crippen molar-refractivity contribution >= 4 is 28.8 Å². The number of imidazole rings is 1. The highest BCUT2D eigenvalue weighted by molar-refractivity contribution is 6.33. The van der Waals surface area contributed by atoms with Crippen molar-refractivity contribution < 1.29 is 4.79 Å². The van der Waals surface area contributed by atoms with E-state index in [2.05, 4.69) is 70.7 Å². The third-order valence-electron chi connectivity index (χ3n) is 7.02. The number of pyridine rings is 1. The maximum absolute atomic E-state index is 13.0. The molecule has 0 unspecified atom stereocenters. The van der Waals surface area contributed by atoms with Gasteiger partial charge in [-0.1, -0.05) is 60.5 Å². The highest BCUT2D eigenvalue weighted by Gasteiger charge is 2.21. The van der Waals surface area contributed by atoms with Gasteiger partial charge in [0.15, 0.2) is 5.65 Å². The molecule has 180 valence electrons. The van der Waals surface area contributed by atoms with E-state index in [1.165, 1.54) is 29.7 Å². The Hall–Kier alpha value is -3.31. The molecule has 2 aromatic heterocycles. The first kappa shape index (κ1) is 23.4. The summed E-state index contributed by atoms with van der Waals surface area (Å²) in [5, 5.41) is 3.60. The Bertz CT molecular complexity index is 1320. The molecule has 1 N–H and O–H groups in total. The Morgan fingerprint density at radius 1 is 1.06 bits per heavy atom. The van der Waals surface area contributed by atoms with Crippen LogP contribution in [0.1, 0.15) is 58.6 Å². The van der Waals surface area contributed by atoms with E-state index < -0.39 is 0 Å². The molecule has 1 saturated heterocycles. The number of rotatable bonds is 6. The number of fused-ring (bicyclic) bond motifs is 1. The number of benzene rings is 2. The van der Waals surface area contributed by atoms with Crippen molar-refractivity contribution in [1.82, 2.24) is 14.7 Å². The molecule has 1 aliphatic rings. The fourth-order valence-electron chi connectivity index (χ4n) is 4.97. The van der Waals surface area contributed by atoms with Crippen LogP contribution in [0, 0.1) is 6.92 Å². The second-order valence-electron chi connectivity index (χ2n) is 9.33. The van der Waals surface area contributed by atoms with Crippen LogP contribution in [0.5, 0.6) is 0 Å². The molecule has 0 radical (unpaired) electrons. The van der Waals surface area contributed by atoms with Crippen LogP contribution in [0.3, 0.4) is 0 Å². The molecule has 0 bridgehead atoms. The van der Waals surface area contributed by atoms with E-state index in [1.807, 2.05) is 19.2 Å². The monoisotopic (exact) mass is 486 g/mol. The largest absolute Gasteiger partial charge is 0.371 e. The first-order valence-corrected chi connectivity index (χ1v) is 12.8. The van der Waals surface area contributed by atoms with Crippen LogP contribution in [0.2, 0.25) is 5.02 Å². The zero-order valence-corrected chi connectivity index (χ0v) is 21.1. The number of nitrogens with one attached hydrogen (secondary N) is 1. The first-order chi connectivity index (χ1) is 17.0. The van der Waals surface area contributed by atoms with Gasteiger partial charge in [-0.25, -0.2) is 4.98 Å². The molecule has 6 heteroatoms. The minimum Gasteiger partial charge on any atom is -0.371 e. The van der Waals surface area contributed by atoms with E-state index in [0.29, 0.717) is 35.2 Å². The number of anilines is 1. The normalized spacial score (nSPS) is 14.4. The lowest BCUT2D eigenvalue weighted by Crippen LogP contribution is -2.32. The second kappa shape index (κ2) is 10.1. The van der Waals surface area contributed by atoms with E-state index in [9.17, 15) is 4.79 Å². The van der Waals surface area contributed by atoms with Crippen LogP contribution in [0.25, 0.3) is 5.65 Å². The number of carbonyl (C=O) groups excluding carboxylic acids is 1. The molecule has 0 saturated carbocycles. The van der Waals surface area contributed by atoms with E-state index in [1.54, 1.807) is 10.5 Å². The third-order valence-corrected chi connectivity index (χ3v) is 7.32. The second-order valence-corrected chi connectivity index (χ2v) is 9.74. The van der Waals surface area contributed by atoms with Gasteiger partial charge in [-0.2, -0.15) is 0 Å². The Labute approximate surface area is 211 Å². The lowest BCUT2D eigenvalue weighted by atomic mass is 9.89. The van der Waals surface area contributed by atoms with Crippen molar-refractivity contribution in [1.29, 1.82) is 0 Å². The maximum atomic E-state index is 13.0. The van der Waals surface area contributed by atoms with Gasteiger partial charge in [-0.15, -0.1) is 0 Å². The molecule has 5 rings (SSSR count). The Balaban J connectivity index is 1.20. The van der Waals surface area contributed by atoms with Gasteiger partial charge in [-0.05, 0) is 67.5 Å². The van der Waals surface area contributed by atoms with E-state index in [4.69, 9.17) is 11.6 Å². The lowest BCUT2D eigenvalue weighted by Gasteiger charge is -2.34. The molecule has 4 aromatic rings. The number of hydrogen-bond donors (Lipinski definition) is 1. The van der Waals surface area contributed by atoms with Gasteiger partial charge in [0.1, 0.15) is 5.69 Å². The standard InChI is InChI=1S/C29H31ClN4O/c1-3-26-27(34-16-4-5-25(30)28(34)32-26)29(35)31-19-21-8-12-24(13-9-21)33-17-14-23(15-18-33)22-10-6-20(2)7-11-22/h4-13,16,23H,3,14-15,17-19H2,1-2H3,(H,31,35). The molecule has 1 aliphatic heterocycles. The molecule has 0 atom stereocenters. The van der Waals surface area contributed by atoms with Crippen LogP contribution in [-0.2, 0) is 13.0 Å². The van der Waals surface area contributed by atoms with E-state index in [0.717, 1.165) is 24.3 Å². The number of piperidine rings is 1. The van der Waals surface area contributed by atoms with Crippen LogP contribution in [-0.4, -0.2) is 28.4 Å². The van der Waals surface area contributed by atoms with Crippen molar-refractivity contribution in [2.45, 2.75) is 45.6 Å². The van der Waals surface area contributed by atoms with Gasteiger partial charge >= 0.3 is 0 Å². The number of halogens is 1. The minimum absolute atomic E-state index is 0.140. The van der Waals surface area contributed by atoms with Gasteiger partial charge in [0.05, 0.1) is 10.7 Å². The number of amides is 1. The average Bonchev–Trinajstić information content (AvgIpc) is 3.28. The summed E-state index contributed by atoms with van der Waals surface area (Å²) >= 11 is 6.28. The number of carbonyl (C=O) groups is 1. The van der Waals surface area contributed by atoms with Crippen LogP contribution in [0.4, 0.5) is 5.69 Å². The molecule has 0 spiro atoms. The van der Waals surface area contributed by atoms with Gasteiger partial charge < -0.3 is 10.2 Å². The van der Waals surface area contributed by atoms with E-state index in [-0.39, 0.29) is 5.91 Å². The number of aryl methyl sites for hydroxylation is 2. The topological polar surface area (TPSA) is 49.6 Å². The Morgan fingerprint density at radius 2 is 1.77 bits per heavy atom. The molecular formula is C29H31ClN4O. The highest BCUT2D eigenvalue weighted by Crippen LogP contribution is 2.30. The quantitative estimate of drug-likeness (QED) is 0.354. The molecular weight excluding hydrogens is 456 g/mol. The Kier molecular flexibility index (Phi) is 6.78. The van der Waals surface area contributed by atoms with Crippen molar-refractivity contribution in [2.75, 3.05) is 18.0 Å². The summed E-state index contributed by atoms with van der Waals surface area (Å²) < 4.78 is 1.78. The zero-order valence-electron chi connectivity index (χ0n) is 20.3.